The zero-order valence-corrected chi connectivity index (χ0v) is 16.5. The van der Waals surface area contributed by atoms with Crippen molar-refractivity contribution >= 4 is 28.5 Å². The van der Waals surface area contributed by atoms with Crippen LogP contribution in [0.3, 0.4) is 0 Å². The Balaban J connectivity index is 1.58. The Morgan fingerprint density at radius 2 is 1.86 bits per heavy atom. The van der Waals surface area contributed by atoms with E-state index in [1.54, 1.807) is 11.9 Å². The van der Waals surface area contributed by atoms with Gasteiger partial charge in [-0.15, -0.1) is 0 Å². The lowest BCUT2D eigenvalue weighted by molar-refractivity contribution is -0.128. The molecule has 3 rings (SSSR count). The lowest BCUT2D eigenvalue weighted by Gasteiger charge is -2.18. The number of anilines is 1. The first-order valence-electron chi connectivity index (χ1n) is 9.35. The van der Waals surface area contributed by atoms with Crippen LogP contribution in [0, 0.1) is 6.92 Å². The van der Waals surface area contributed by atoms with Crippen LogP contribution in [0.2, 0.25) is 0 Å². The van der Waals surface area contributed by atoms with E-state index >= 15 is 0 Å². The Bertz CT molecular complexity index is 993. The van der Waals surface area contributed by atoms with Gasteiger partial charge in [-0.3, -0.25) is 4.79 Å². The van der Waals surface area contributed by atoms with Crippen molar-refractivity contribution in [3.05, 3.63) is 65.4 Å². The van der Waals surface area contributed by atoms with Gasteiger partial charge in [0.25, 0.3) is 0 Å². The summed E-state index contributed by atoms with van der Waals surface area (Å²) in [6.45, 7) is 4.59. The number of para-hydroxylation sites is 1. The highest BCUT2D eigenvalue weighted by Gasteiger charge is 2.10. The topological polar surface area (TPSA) is 77.2 Å². The molecule has 3 aromatic rings. The maximum atomic E-state index is 12.3. The summed E-state index contributed by atoms with van der Waals surface area (Å²) in [6, 6.07) is 13.4. The number of amides is 3. The summed E-state index contributed by atoms with van der Waals surface area (Å²) in [5.74, 6) is -0.0201. The minimum atomic E-state index is -0.255. The number of aromatic nitrogens is 1. The van der Waals surface area contributed by atoms with Gasteiger partial charge in [0.05, 0.1) is 0 Å². The van der Waals surface area contributed by atoms with Crippen LogP contribution in [-0.4, -0.2) is 35.4 Å². The summed E-state index contributed by atoms with van der Waals surface area (Å²) < 4.78 is 0. The van der Waals surface area contributed by atoms with Crippen LogP contribution in [-0.2, 0) is 17.8 Å². The molecule has 2 aromatic carbocycles. The maximum Gasteiger partial charge on any atom is 0.319 e. The number of benzene rings is 2. The molecule has 0 fully saturated rings. The Hall–Kier alpha value is -3.28. The number of hydrogen-bond acceptors (Lipinski definition) is 2. The van der Waals surface area contributed by atoms with Gasteiger partial charge < -0.3 is 20.5 Å². The lowest BCUT2D eigenvalue weighted by atomic mass is 10.1. The van der Waals surface area contributed by atoms with Crippen molar-refractivity contribution in [3.8, 4) is 0 Å². The largest absolute Gasteiger partial charge is 0.361 e. The van der Waals surface area contributed by atoms with E-state index in [2.05, 4.69) is 34.7 Å². The van der Waals surface area contributed by atoms with Gasteiger partial charge in [0, 0.05) is 49.8 Å². The number of aromatic amines is 1. The number of nitrogens with one attached hydrogen (secondary N) is 3. The van der Waals surface area contributed by atoms with Gasteiger partial charge in [-0.2, -0.15) is 0 Å². The Morgan fingerprint density at radius 1 is 1.07 bits per heavy atom. The molecule has 0 bridgehead atoms. The van der Waals surface area contributed by atoms with Gasteiger partial charge >= 0.3 is 6.03 Å². The van der Waals surface area contributed by atoms with E-state index in [0.717, 1.165) is 17.5 Å². The number of hydrogen-bond donors (Lipinski definition) is 3. The van der Waals surface area contributed by atoms with Crippen LogP contribution < -0.4 is 10.6 Å². The Labute approximate surface area is 164 Å². The third-order valence-corrected chi connectivity index (χ3v) is 4.89. The molecule has 1 heterocycles. The molecule has 146 valence electrons. The van der Waals surface area contributed by atoms with Crippen LogP contribution in [0.4, 0.5) is 10.5 Å². The monoisotopic (exact) mass is 378 g/mol. The first-order valence-corrected chi connectivity index (χ1v) is 9.35. The zero-order chi connectivity index (χ0) is 20.1. The van der Waals surface area contributed by atoms with Gasteiger partial charge in [-0.1, -0.05) is 30.3 Å². The van der Waals surface area contributed by atoms with Crippen LogP contribution in [0.1, 0.15) is 23.6 Å². The van der Waals surface area contributed by atoms with Crippen molar-refractivity contribution in [3.63, 3.8) is 0 Å². The quantitative estimate of drug-likeness (QED) is 0.610. The van der Waals surface area contributed by atoms with Crippen LogP contribution in [0.25, 0.3) is 10.9 Å². The molecule has 1 aromatic heterocycles. The van der Waals surface area contributed by atoms with Crippen molar-refractivity contribution in [2.75, 3.05) is 18.9 Å². The number of H-pyrrole nitrogens is 1. The molecular weight excluding hydrogens is 352 g/mol. The first-order chi connectivity index (χ1) is 13.5. The predicted molar refractivity (Wildman–Crippen MR) is 112 cm³/mol. The number of carbonyl (C=O) groups is 2. The summed E-state index contributed by atoms with van der Waals surface area (Å²) >= 11 is 0. The highest BCUT2D eigenvalue weighted by molar-refractivity contribution is 5.90. The van der Waals surface area contributed by atoms with E-state index in [4.69, 9.17) is 0 Å². The zero-order valence-electron chi connectivity index (χ0n) is 16.5. The summed E-state index contributed by atoms with van der Waals surface area (Å²) in [7, 11) is 1.74. The van der Waals surface area contributed by atoms with Gasteiger partial charge in [0.1, 0.15) is 0 Å². The molecule has 0 unspecified atom stereocenters. The van der Waals surface area contributed by atoms with E-state index < -0.39 is 0 Å². The second-order valence-electron chi connectivity index (χ2n) is 6.97. The fourth-order valence-corrected chi connectivity index (χ4v) is 3.27. The molecule has 28 heavy (non-hydrogen) atoms. The SMILES string of the molecule is CC(=O)N(C)Cc1ccccc1NC(=O)NCCc1c[nH]c2cccc(C)c12. The molecule has 0 atom stereocenters. The second-order valence-corrected chi connectivity index (χ2v) is 6.97. The van der Waals surface area contributed by atoms with Gasteiger partial charge in [0.15, 0.2) is 0 Å². The molecule has 3 N–H and O–H groups in total. The van der Waals surface area contributed by atoms with Crippen LogP contribution in [0.5, 0.6) is 0 Å². The fourth-order valence-electron chi connectivity index (χ4n) is 3.27. The van der Waals surface area contributed by atoms with E-state index in [9.17, 15) is 9.59 Å². The molecular formula is C22H26N4O2. The second kappa shape index (κ2) is 8.61. The van der Waals surface area contributed by atoms with Gasteiger partial charge in [-0.25, -0.2) is 4.79 Å². The number of fused-ring (bicyclic) bond motifs is 1. The van der Waals surface area contributed by atoms with Crippen LogP contribution in [0.15, 0.2) is 48.7 Å². The number of aryl methyl sites for hydroxylation is 1. The van der Waals surface area contributed by atoms with Crippen molar-refractivity contribution < 1.29 is 9.59 Å². The number of nitrogens with zero attached hydrogens (tertiary/aromatic N) is 1. The Kier molecular flexibility index (Phi) is 5.99. The normalized spacial score (nSPS) is 10.7. The van der Waals surface area contributed by atoms with E-state index in [1.165, 1.54) is 23.4 Å². The highest BCUT2D eigenvalue weighted by Crippen LogP contribution is 2.22. The van der Waals surface area contributed by atoms with Crippen LogP contribution >= 0.6 is 0 Å². The third-order valence-electron chi connectivity index (χ3n) is 4.89. The smallest absolute Gasteiger partial charge is 0.319 e. The summed E-state index contributed by atoms with van der Waals surface area (Å²) in [4.78, 5) is 28.7. The highest BCUT2D eigenvalue weighted by atomic mass is 16.2. The molecule has 0 spiro atoms. The molecule has 6 heteroatoms. The molecule has 0 aliphatic rings. The molecule has 0 saturated carbocycles. The van der Waals surface area contributed by atoms with Gasteiger partial charge in [0.2, 0.25) is 5.91 Å². The standard InChI is InChI=1S/C22H26N4O2/c1-15-7-6-10-20-21(15)17(13-24-20)11-12-23-22(28)25-19-9-5-4-8-18(19)14-26(3)16(2)27/h4-10,13,24H,11-12,14H2,1-3H3,(H2,23,25,28). The molecule has 6 nitrogen and oxygen atoms in total. The average Bonchev–Trinajstić information content (AvgIpc) is 3.07. The summed E-state index contributed by atoms with van der Waals surface area (Å²) in [6.07, 6.45) is 2.75. The molecule has 0 aliphatic carbocycles. The lowest BCUT2D eigenvalue weighted by Crippen LogP contribution is -2.31. The van der Waals surface area contributed by atoms with Gasteiger partial charge in [-0.05, 0) is 42.2 Å². The van der Waals surface area contributed by atoms with Crippen molar-refractivity contribution in [1.29, 1.82) is 0 Å². The Morgan fingerprint density at radius 3 is 2.64 bits per heavy atom. The number of rotatable bonds is 6. The molecule has 0 aliphatic heterocycles. The minimum Gasteiger partial charge on any atom is -0.361 e. The third kappa shape index (κ3) is 4.52. The number of carbonyl (C=O) groups excluding carboxylic acids is 2. The summed E-state index contributed by atoms with van der Waals surface area (Å²) in [5.41, 5.74) is 5.13. The minimum absolute atomic E-state index is 0.0201. The molecule has 3 amide bonds. The number of urea groups is 1. The molecule has 0 saturated heterocycles. The first kappa shape index (κ1) is 19.5. The van der Waals surface area contributed by atoms with Crippen molar-refractivity contribution in [2.45, 2.75) is 26.8 Å². The molecule has 0 radical (unpaired) electrons. The van der Waals surface area contributed by atoms with Crippen molar-refractivity contribution in [2.24, 2.45) is 0 Å². The average molecular weight is 378 g/mol. The van der Waals surface area contributed by atoms with E-state index in [0.29, 0.717) is 18.8 Å². The maximum absolute atomic E-state index is 12.3. The fraction of sp³-hybridized carbons (Fsp3) is 0.273. The predicted octanol–water partition coefficient (Wildman–Crippen LogP) is 3.82. The summed E-state index contributed by atoms with van der Waals surface area (Å²) in [5, 5.41) is 7.02. The van der Waals surface area contributed by atoms with E-state index in [-0.39, 0.29) is 11.9 Å². The van der Waals surface area contributed by atoms with E-state index in [1.807, 2.05) is 36.5 Å². The van der Waals surface area contributed by atoms with Crippen molar-refractivity contribution in [1.82, 2.24) is 15.2 Å².